The summed E-state index contributed by atoms with van der Waals surface area (Å²) in [5, 5.41) is 16.9. The van der Waals surface area contributed by atoms with Gasteiger partial charge >= 0.3 is 6.03 Å². The molecule has 1 fully saturated rings. The van der Waals surface area contributed by atoms with E-state index in [-0.39, 0.29) is 18.2 Å². The van der Waals surface area contributed by atoms with E-state index in [1.807, 2.05) is 36.9 Å². The molecule has 0 saturated carbocycles. The molecule has 34 heavy (non-hydrogen) atoms. The van der Waals surface area contributed by atoms with Gasteiger partial charge in [0.1, 0.15) is 11.8 Å². The fourth-order valence-electron chi connectivity index (χ4n) is 4.68. The van der Waals surface area contributed by atoms with E-state index in [9.17, 15) is 10.1 Å². The molecule has 0 unspecified atom stereocenters. The number of rotatable bonds is 5. The molecule has 1 atom stereocenters. The summed E-state index contributed by atoms with van der Waals surface area (Å²) >= 11 is 0. The molecule has 8 heteroatoms. The number of benzene rings is 2. The number of nitrogens with zero attached hydrogens (tertiary/aromatic N) is 4. The van der Waals surface area contributed by atoms with E-state index in [4.69, 9.17) is 9.26 Å². The number of hydrogen-bond donors (Lipinski definition) is 1. The van der Waals surface area contributed by atoms with Crippen molar-refractivity contribution >= 4 is 6.03 Å². The lowest BCUT2D eigenvalue weighted by Gasteiger charge is -2.37. The van der Waals surface area contributed by atoms with E-state index < -0.39 is 0 Å². The molecule has 0 radical (unpaired) electrons. The van der Waals surface area contributed by atoms with Crippen molar-refractivity contribution in [2.24, 2.45) is 5.92 Å². The third-order valence-electron chi connectivity index (χ3n) is 6.30. The summed E-state index contributed by atoms with van der Waals surface area (Å²) < 4.78 is 11.3. The third-order valence-corrected chi connectivity index (χ3v) is 6.30. The summed E-state index contributed by atoms with van der Waals surface area (Å²) in [6, 6.07) is 13.4. The summed E-state index contributed by atoms with van der Waals surface area (Å²) in [5.74, 6) is 1.94. The summed E-state index contributed by atoms with van der Waals surface area (Å²) in [6.45, 7) is 7.61. The Kier molecular flexibility index (Phi) is 5.70. The van der Waals surface area contributed by atoms with E-state index in [2.05, 4.69) is 34.5 Å². The highest BCUT2D eigenvalue weighted by atomic mass is 16.5. The monoisotopic (exact) mass is 457 g/mol. The molecule has 2 amide bonds. The highest BCUT2D eigenvalue weighted by Crippen LogP contribution is 2.38. The maximum atomic E-state index is 12.5. The zero-order chi connectivity index (χ0) is 23.8. The van der Waals surface area contributed by atoms with Crippen molar-refractivity contribution < 1.29 is 14.1 Å². The topological polar surface area (TPSA) is 104 Å². The number of carbonyl (C=O) groups is 1. The second-order valence-corrected chi connectivity index (χ2v) is 9.34. The van der Waals surface area contributed by atoms with Gasteiger partial charge < -0.3 is 19.5 Å². The van der Waals surface area contributed by atoms with Gasteiger partial charge in [0.05, 0.1) is 17.7 Å². The van der Waals surface area contributed by atoms with E-state index in [0.717, 1.165) is 42.6 Å². The number of fused-ring (bicyclic) bond motifs is 1. The molecule has 1 saturated heterocycles. The van der Waals surface area contributed by atoms with E-state index in [1.54, 1.807) is 12.1 Å². The zero-order valence-corrected chi connectivity index (χ0v) is 19.5. The van der Waals surface area contributed by atoms with Crippen molar-refractivity contribution in [3.63, 3.8) is 0 Å². The van der Waals surface area contributed by atoms with Crippen LogP contribution >= 0.6 is 0 Å². The first-order valence-electron chi connectivity index (χ1n) is 11.7. The molecule has 2 aliphatic rings. The van der Waals surface area contributed by atoms with Gasteiger partial charge in [0, 0.05) is 24.2 Å². The largest absolute Gasteiger partial charge is 0.490 e. The molecule has 1 N–H and O–H groups in total. The molecule has 1 aromatic heterocycles. The lowest BCUT2D eigenvalue weighted by molar-refractivity contribution is 0.127. The molecule has 5 rings (SSSR count). The molecule has 1 aliphatic heterocycles. The molecular formula is C26H27N5O3. The molecule has 3 aromatic rings. The Morgan fingerprint density at radius 1 is 1.29 bits per heavy atom. The van der Waals surface area contributed by atoms with Crippen LogP contribution in [0.25, 0.3) is 22.8 Å². The van der Waals surface area contributed by atoms with Gasteiger partial charge in [-0.2, -0.15) is 10.2 Å². The Morgan fingerprint density at radius 2 is 2.12 bits per heavy atom. The van der Waals surface area contributed by atoms with Crippen LogP contribution in [-0.4, -0.2) is 40.3 Å². The number of likely N-dealkylation sites (tertiary alicyclic amines) is 1. The summed E-state index contributed by atoms with van der Waals surface area (Å²) in [7, 11) is 0. The van der Waals surface area contributed by atoms with Crippen LogP contribution in [0.3, 0.4) is 0 Å². The standard InChI is InChI=1S/C26H27N5O3/c1-15(2)33-23-10-7-17(11-18(23)12-27)25-29-24(30-34-25)21-6-4-5-20-19(21)8-9-22(20)28-26(32)31-13-16(3)14-31/h4-7,10-11,15-16,22H,8-9,13-14H2,1-3H3,(H,28,32)/t22-/m1/s1. The third kappa shape index (κ3) is 4.10. The van der Waals surface area contributed by atoms with Crippen molar-refractivity contribution in [2.45, 2.75) is 45.8 Å². The Balaban J connectivity index is 1.38. The van der Waals surface area contributed by atoms with Gasteiger partial charge in [0.25, 0.3) is 5.89 Å². The van der Waals surface area contributed by atoms with Gasteiger partial charge in [-0.3, -0.25) is 0 Å². The molecule has 8 nitrogen and oxygen atoms in total. The average Bonchev–Trinajstić information content (AvgIpc) is 3.44. The Morgan fingerprint density at radius 3 is 2.85 bits per heavy atom. The molecule has 174 valence electrons. The van der Waals surface area contributed by atoms with Crippen LogP contribution in [0.2, 0.25) is 0 Å². The van der Waals surface area contributed by atoms with Crippen LogP contribution in [0.1, 0.15) is 49.9 Å². The van der Waals surface area contributed by atoms with Crippen molar-refractivity contribution in [3.8, 4) is 34.7 Å². The van der Waals surface area contributed by atoms with Crippen molar-refractivity contribution in [1.82, 2.24) is 20.4 Å². The van der Waals surface area contributed by atoms with Crippen LogP contribution in [-0.2, 0) is 6.42 Å². The summed E-state index contributed by atoms with van der Waals surface area (Å²) in [4.78, 5) is 19.0. The van der Waals surface area contributed by atoms with Crippen molar-refractivity contribution in [1.29, 1.82) is 5.26 Å². The fourth-order valence-corrected chi connectivity index (χ4v) is 4.68. The highest BCUT2D eigenvalue weighted by Gasteiger charge is 2.32. The number of nitriles is 1. The van der Waals surface area contributed by atoms with Gasteiger partial charge in [0.15, 0.2) is 0 Å². The van der Waals surface area contributed by atoms with Crippen LogP contribution < -0.4 is 10.1 Å². The quantitative estimate of drug-likeness (QED) is 0.595. The number of ether oxygens (including phenoxy) is 1. The van der Waals surface area contributed by atoms with Gasteiger partial charge in [-0.15, -0.1) is 0 Å². The number of carbonyl (C=O) groups excluding carboxylic acids is 1. The Labute approximate surface area is 198 Å². The second kappa shape index (κ2) is 8.82. The fraction of sp³-hybridized carbons (Fsp3) is 0.385. The van der Waals surface area contributed by atoms with Crippen LogP contribution in [0.15, 0.2) is 40.9 Å². The predicted octanol–water partition coefficient (Wildman–Crippen LogP) is 4.71. The van der Waals surface area contributed by atoms with E-state index >= 15 is 0 Å². The second-order valence-electron chi connectivity index (χ2n) is 9.34. The number of amides is 2. The van der Waals surface area contributed by atoms with Crippen LogP contribution in [0.5, 0.6) is 5.75 Å². The molecule has 0 bridgehead atoms. The lowest BCUT2D eigenvalue weighted by atomic mass is 10.0. The lowest BCUT2D eigenvalue weighted by Crippen LogP contribution is -2.53. The first-order valence-corrected chi connectivity index (χ1v) is 11.7. The Bertz CT molecular complexity index is 1270. The first-order chi connectivity index (χ1) is 16.4. The maximum Gasteiger partial charge on any atom is 0.317 e. The predicted molar refractivity (Wildman–Crippen MR) is 126 cm³/mol. The molecule has 0 spiro atoms. The number of aromatic nitrogens is 2. The van der Waals surface area contributed by atoms with E-state index in [0.29, 0.717) is 34.5 Å². The molecule has 1 aliphatic carbocycles. The summed E-state index contributed by atoms with van der Waals surface area (Å²) in [5.41, 5.74) is 4.22. The van der Waals surface area contributed by atoms with Gasteiger partial charge in [-0.25, -0.2) is 4.79 Å². The van der Waals surface area contributed by atoms with Gasteiger partial charge in [-0.05, 0) is 61.9 Å². The SMILES string of the molecule is CC1CN(C(=O)N[C@@H]2CCc3c(-c4noc(-c5ccc(OC(C)C)c(C#N)c5)n4)cccc32)C1. The highest BCUT2D eigenvalue weighted by molar-refractivity contribution is 5.76. The number of urea groups is 1. The number of nitrogens with one attached hydrogen (secondary N) is 1. The number of hydrogen-bond acceptors (Lipinski definition) is 6. The minimum Gasteiger partial charge on any atom is -0.490 e. The summed E-state index contributed by atoms with van der Waals surface area (Å²) in [6.07, 6.45) is 1.64. The van der Waals surface area contributed by atoms with Crippen LogP contribution in [0.4, 0.5) is 4.79 Å². The van der Waals surface area contributed by atoms with Crippen LogP contribution in [0, 0.1) is 17.2 Å². The average molecular weight is 458 g/mol. The molecule has 2 aromatic carbocycles. The van der Waals surface area contributed by atoms with Crippen molar-refractivity contribution in [3.05, 3.63) is 53.1 Å². The van der Waals surface area contributed by atoms with E-state index in [1.165, 1.54) is 0 Å². The van der Waals surface area contributed by atoms with Crippen molar-refractivity contribution in [2.75, 3.05) is 13.1 Å². The molecule has 2 heterocycles. The normalized spacial score (nSPS) is 17.3. The zero-order valence-electron chi connectivity index (χ0n) is 19.5. The minimum absolute atomic E-state index is 0.00129. The molecular weight excluding hydrogens is 430 g/mol. The van der Waals surface area contributed by atoms with Gasteiger partial charge in [0.2, 0.25) is 5.82 Å². The smallest absolute Gasteiger partial charge is 0.317 e. The Hall–Kier alpha value is -3.86. The maximum absolute atomic E-state index is 12.5. The van der Waals surface area contributed by atoms with Gasteiger partial charge in [-0.1, -0.05) is 30.3 Å². The minimum atomic E-state index is -0.0313. The first kappa shape index (κ1) is 22.0.